The van der Waals surface area contributed by atoms with E-state index in [0.717, 1.165) is 6.54 Å². The van der Waals surface area contributed by atoms with Crippen molar-refractivity contribution in [3.05, 3.63) is 40.4 Å². The Bertz CT molecular complexity index is 669. The van der Waals surface area contributed by atoms with Crippen molar-refractivity contribution in [3.8, 4) is 11.8 Å². The van der Waals surface area contributed by atoms with Crippen LogP contribution in [0.2, 0.25) is 5.02 Å². The number of nitriles is 1. The summed E-state index contributed by atoms with van der Waals surface area (Å²) in [6, 6.07) is 7.70. The number of nitrogens with one attached hydrogen (secondary N) is 1. The second-order valence-corrected chi connectivity index (χ2v) is 8.25. The fraction of sp³-hybridized carbons (Fsp3) is 0.550. The van der Waals surface area contributed by atoms with Gasteiger partial charge in [0.2, 0.25) is 0 Å². The van der Waals surface area contributed by atoms with Crippen LogP contribution in [0.3, 0.4) is 0 Å². The van der Waals surface area contributed by atoms with Crippen LogP contribution in [0, 0.1) is 22.2 Å². The van der Waals surface area contributed by atoms with Crippen LogP contribution in [-0.4, -0.2) is 18.7 Å². The van der Waals surface area contributed by atoms with Gasteiger partial charge in [-0.15, -0.1) is 0 Å². The van der Waals surface area contributed by atoms with Gasteiger partial charge in [0.25, 0.3) is 0 Å². The van der Waals surface area contributed by atoms with Crippen molar-refractivity contribution in [2.45, 2.75) is 53.7 Å². The van der Waals surface area contributed by atoms with E-state index in [9.17, 15) is 0 Å². The average Bonchev–Trinajstić information content (AvgIpc) is 2.51. The minimum Gasteiger partial charge on any atom is -0.489 e. The fourth-order valence-electron chi connectivity index (χ4n) is 4.11. The Kier molecular flexibility index (Phi) is 5.32. The number of ether oxygens (including phenoxy) is 1. The predicted octanol–water partition coefficient (Wildman–Crippen LogP) is 4.95. The summed E-state index contributed by atoms with van der Waals surface area (Å²) < 4.78 is 6.28. The SMILES string of the molecule is C/C=C(\C)CN[C@H]1C(C)(C)[C@H](Oc2ccc(C#N)c(Cl)c2)C1(C)C. The van der Waals surface area contributed by atoms with E-state index in [2.05, 4.69) is 59.0 Å². The van der Waals surface area contributed by atoms with Gasteiger partial charge in [-0.05, 0) is 26.0 Å². The first-order valence-corrected chi connectivity index (χ1v) is 8.73. The highest BCUT2D eigenvalue weighted by Gasteiger charge is 2.63. The van der Waals surface area contributed by atoms with Gasteiger partial charge in [0.1, 0.15) is 17.9 Å². The Morgan fingerprint density at radius 1 is 1.33 bits per heavy atom. The van der Waals surface area contributed by atoms with E-state index in [1.54, 1.807) is 12.1 Å². The zero-order valence-electron chi connectivity index (χ0n) is 15.4. The number of rotatable bonds is 5. The van der Waals surface area contributed by atoms with Crippen molar-refractivity contribution in [1.29, 1.82) is 5.26 Å². The highest BCUT2D eigenvalue weighted by molar-refractivity contribution is 6.31. The highest BCUT2D eigenvalue weighted by Crippen LogP contribution is 2.55. The smallest absolute Gasteiger partial charge is 0.121 e. The molecule has 1 fully saturated rings. The maximum atomic E-state index is 8.99. The van der Waals surface area contributed by atoms with E-state index in [4.69, 9.17) is 21.6 Å². The maximum absolute atomic E-state index is 8.99. The van der Waals surface area contributed by atoms with Crippen molar-refractivity contribution in [1.82, 2.24) is 5.32 Å². The van der Waals surface area contributed by atoms with Crippen LogP contribution >= 0.6 is 11.6 Å². The van der Waals surface area contributed by atoms with Gasteiger partial charge in [0.05, 0.1) is 10.6 Å². The summed E-state index contributed by atoms with van der Waals surface area (Å²) in [5.41, 5.74) is 1.80. The van der Waals surface area contributed by atoms with Gasteiger partial charge in [0.15, 0.2) is 0 Å². The molecule has 4 heteroatoms. The van der Waals surface area contributed by atoms with E-state index >= 15 is 0 Å². The first-order chi connectivity index (χ1) is 11.1. The van der Waals surface area contributed by atoms with Gasteiger partial charge >= 0.3 is 0 Å². The van der Waals surface area contributed by atoms with Gasteiger partial charge in [-0.3, -0.25) is 0 Å². The van der Waals surface area contributed by atoms with Gasteiger partial charge in [-0.2, -0.15) is 5.26 Å². The topological polar surface area (TPSA) is 45.0 Å². The minimum absolute atomic E-state index is 0.00209. The van der Waals surface area contributed by atoms with Crippen molar-refractivity contribution < 1.29 is 4.74 Å². The molecule has 1 aliphatic carbocycles. The van der Waals surface area contributed by atoms with E-state index < -0.39 is 0 Å². The van der Waals surface area contributed by atoms with E-state index in [-0.39, 0.29) is 16.9 Å². The molecule has 1 N–H and O–H groups in total. The van der Waals surface area contributed by atoms with Crippen molar-refractivity contribution in [3.63, 3.8) is 0 Å². The molecule has 1 aromatic carbocycles. The molecule has 0 aliphatic heterocycles. The van der Waals surface area contributed by atoms with Crippen LogP contribution in [0.1, 0.15) is 47.1 Å². The highest BCUT2D eigenvalue weighted by atomic mass is 35.5. The Balaban J connectivity index is 2.14. The Hall–Kier alpha value is -1.50. The molecule has 0 saturated heterocycles. The lowest BCUT2D eigenvalue weighted by Crippen LogP contribution is -2.74. The molecule has 3 nitrogen and oxygen atoms in total. The zero-order chi connectivity index (χ0) is 18.1. The van der Waals surface area contributed by atoms with Crippen LogP contribution in [-0.2, 0) is 0 Å². The normalized spacial score (nSPS) is 24.8. The molecule has 1 aromatic rings. The molecule has 0 atom stereocenters. The summed E-state index contributed by atoms with van der Waals surface area (Å²) in [7, 11) is 0. The molecule has 0 aromatic heterocycles. The largest absolute Gasteiger partial charge is 0.489 e. The molecule has 0 amide bonds. The minimum atomic E-state index is -0.00209. The third-order valence-corrected chi connectivity index (χ3v) is 5.55. The molecule has 2 rings (SSSR count). The lowest BCUT2D eigenvalue weighted by atomic mass is 9.49. The average molecular weight is 347 g/mol. The molecule has 130 valence electrons. The van der Waals surface area contributed by atoms with E-state index in [1.165, 1.54) is 5.57 Å². The summed E-state index contributed by atoms with van der Waals surface area (Å²) in [6.07, 6.45) is 2.20. The van der Waals surface area contributed by atoms with Crippen molar-refractivity contribution in [2.75, 3.05) is 6.54 Å². The number of hydrogen-bond acceptors (Lipinski definition) is 3. The summed E-state index contributed by atoms with van der Waals surface area (Å²) in [6.45, 7) is 14.0. The summed E-state index contributed by atoms with van der Waals surface area (Å²) in [5, 5.41) is 13.1. The summed E-state index contributed by atoms with van der Waals surface area (Å²) in [4.78, 5) is 0. The zero-order valence-corrected chi connectivity index (χ0v) is 16.2. The molecule has 24 heavy (non-hydrogen) atoms. The quantitative estimate of drug-likeness (QED) is 0.767. The molecule has 0 bridgehead atoms. The van der Waals surface area contributed by atoms with Crippen LogP contribution in [0.5, 0.6) is 5.75 Å². The molecule has 0 heterocycles. The number of allylic oxidation sites excluding steroid dienone is 1. The van der Waals surface area contributed by atoms with Crippen molar-refractivity contribution >= 4 is 11.6 Å². The molecular formula is C20H27ClN2O. The number of benzene rings is 1. The first-order valence-electron chi connectivity index (χ1n) is 8.36. The fourth-order valence-corrected chi connectivity index (χ4v) is 4.33. The Morgan fingerprint density at radius 2 is 1.96 bits per heavy atom. The van der Waals surface area contributed by atoms with Crippen molar-refractivity contribution in [2.24, 2.45) is 10.8 Å². The second-order valence-electron chi connectivity index (χ2n) is 7.84. The standard InChI is InChI=1S/C20H27ClN2O/c1-7-13(2)12-23-17-19(3,4)18(20(17,5)6)24-15-9-8-14(11-22)16(21)10-15/h7-10,17-18,23H,12H2,1-6H3/b13-7+/t17-,18-. The van der Waals surface area contributed by atoms with Crippen LogP contribution in [0.25, 0.3) is 0 Å². The van der Waals surface area contributed by atoms with Gasteiger partial charge in [-0.25, -0.2) is 0 Å². The number of hydrogen-bond donors (Lipinski definition) is 1. The molecule has 0 unspecified atom stereocenters. The maximum Gasteiger partial charge on any atom is 0.121 e. The third kappa shape index (κ3) is 3.31. The predicted molar refractivity (Wildman–Crippen MR) is 99.4 cm³/mol. The third-order valence-electron chi connectivity index (χ3n) is 5.23. The molecular weight excluding hydrogens is 320 g/mol. The molecule has 1 aliphatic rings. The van der Waals surface area contributed by atoms with Crippen LogP contribution in [0.4, 0.5) is 0 Å². The first kappa shape index (κ1) is 18.8. The lowest BCUT2D eigenvalue weighted by molar-refractivity contribution is -0.167. The molecule has 0 spiro atoms. The lowest BCUT2D eigenvalue weighted by Gasteiger charge is -2.63. The number of nitrogens with zero attached hydrogens (tertiary/aromatic N) is 1. The number of halogens is 1. The molecule has 0 radical (unpaired) electrons. The van der Waals surface area contributed by atoms with Gasteiger partial charge < -0.3 is 10.1 Å². The summed E-state index contributed by atoms with van der Waals surface area (Å²) >= 11 is 6.12. The monoisotopic (exact) mass is 346 g/mol. The van der Waals surface area contributed by atoms with E-state index in [0.29, 0.717) is 22.4 Å². The Labute approximate surface area is 150 Å². The molecule has 1 saturated carbocycles. The Morgan fingerprint density at radius 3 is 2.46 bits per heavy atom. The van der Waals surface area contributed by atoms with E-state index in [1.807, 2.05) is 6.07 Å². The summed E-state index contributed by atoms with van der Waals surface area (Å²) in [5.74, 6) is 0.716. The van der Waals surface area contributed by atoms with Gasteiger partial charge in [0, 0.05) is 29.5 Å². The van der Waals surface area contributed by atoms with Gasteiger partial charge in [-0.1, -0.05) is 50.9 Å². The van der Waals surface area contributed by atoms with Crippen LogP contribution in [0.15, 0.2) is 29.8 Å². The second kappa shape index (κ2) is 6.78. The van der Waals surface area contributed by atoms with Crippen LogP contribution < -0.4 is 10.1 Å².